The van der Waals surface area contributed by atoms with Crippen LogP contribution in [0, 0.1) is 5.92 Å². The lowest BCUT2D eigenvalue weighted by atomic mass is 10.0. The molecule has 0 saturated carbocycles. The Morgan fingerprint density at radius 2 is 2.04 bits per heavy atom. The molecule has 1 fully saturated rings. The first-order chi connectivity index (χ1) is 12.6. The zero-order valence-electron chi connectivity index (χ0n) is 16.7. The Morgan fingerprint density at radius 3 is 2.69 bits per heavy atom. The lowest BCUT2D eigenvalue weighted by Crippen LogP contribution is -2.53. The minimum absolute atomic E-state index is 0.000704. The molecule has 1 aromatic carbocycles. The van der Waals surface area contributed by atoms with Crippen molar-refractivity contribution in [1.29, 1.82) is 0 Å². The Balaban J connectivity index is 1.97. The molecule has 1 atom stereocenters. The smallest absolute Gasteiger partial charge is 0.124 e. The number of piperazine rings is 1. The fourth-order valence-corrected chi connectivity index (χ4v) is 3.65. The Bertz CT molecular complexity index is 536. The highest BCUT2D eigenvalue weighted by Gasteiger charge is 2.26. The summed E-state index contributed by atoms with van der Waals surface area (Å²) in [5.41, 5.74) is 2.06. The van der Waals surface area contributed by atoms with Crippen molar-refractivity contribution in [1.82, 2.24) is 9.80 Å². The number of rotatable bonds is 10. The van der Waals surface area contributed by atoms with Gasteiger partial charge in [0.2, 0.25) is 0 Å². The van der Waals surface area contributed by atoms with E-state index in [-0.39, 0.29) is 13.2 Å². The molecule has 0 aromatic heterocycles. The van der Waals surface area contributed by atoms with Gasteiger partial charge in [0.1, 0.15) is 5.75 Å². The van der Waals surface area contributed by atoms with Crippen LogP contribution in [0.2, 0.25) is 0 Å². The number of nitrogens with zero attached hydrogens (tertiary/aromatic N) is 2. The lowest BCUT2D eigenvalue weighted by Gasteiger charge is -2.41. The van der Waals surface area contributed by atoms with Crippen molar-refractivity contribution < 1.29 is 14.9 Å². The van der Waals surface area contributed by atoms with Crippen LogP contribution in [0.1, 0.15) is 44.7 Å². The molecule has 2 rings (SSSR count). The van der Waals surface area contributed by atoms with E-state index in [0.29, 0.717) is 18.6 Å². The second kappa shape index (κ2) is 10.9. The third-order valence-electron chi connectivity index (χ3n) is 5.15. The molecular formula is C21H36N2O3. The lowest BCUT2D eigenvalue weighted by molar-refractivity contribution is 0.0523. The second-order valence-corrected chi connectivity index (χ2v) is 7.65. The molecule has 1 unspecified atom stereocenters. The standard InChI is InChI=1S/C21H36N2O3/c1-4-26-21-6-5-18(13-19(21)16-25)14-22-10-11-23(9-7-17(2)3)20(15-22)8-12-24/h5-6,13,17,20,24-25H,4,7-12,14-16H2,1-3H3. The molecule has 1 aliphatic heterocycles. The Morgan fingerprint density at radius 1 is 1.23 bits per heavy atom. The van der Waals surface area contributed by atoms with E-state index in [9.17, 15) is 10.2 Å². The first-order valence-corrected chi connectivity index (χ1v) is 10.00. The molecule has 1 aliphatic rings. The third-order valence-corrected chi connectivity index (χ3v) is 5.15. The number of aliphatic hydroxyl groups is 2. The van der Waals surface area contributed by atoms with E-state index in [1.165, 1.54) is 12.0 Å². The normalized spacial score (nSPS) is 19.2. The molecule has 0 radical (unpaired) electrons. The second-order valence-electron chi connectivity index (χ2n) is 7.65. The van der Waals surface area contributed by atoms with E-state index in [0.717, 1.165) is 50.5 Å². The highest BCUT2D eigenvalue weighted by atomic mass is 16.5. The summed E-state index contributed by atoms with van der Waals surface area (Å²) in [6, 6.07) is 6.54. The van der Waals surface area contributed by atoms with Crippen molar-refractivity contribution in [2.45, 2.75) is 52.8 Å². The SMILES string of the molecule is CCOc1ccc(CN2CCN(CCC(C)C)C(CCO)C2)cc1CO. The van der Waals surface area contributed by atoms with Gasteiger partial charge in [-0.3, -0.25) is 9.80 Å². The average Bonchev–Trinajstić information content (AvgIpc) is 2.62. The highest BCUT2D eigenvalue weighted by Crippen LogP contribution is 2.23. The quantitative estimate of drug-likeness (QED) is 0.668. The van der Waals surface area contributed by atoms with Crippen molar-refractivity contribution in [3.63, 3.8) is 0 Å². The monoisotopic (exact) mass is 364 g/mol. The maximum absolute atomic E-state index is 9.60. The molecule has 0 amide bonds. The number of hydrogen-bond acceptors (Lipinski definition) is 5. The molecule has 1 heterocycles. The highest BCUT2D eigenvalue weighted by molar-refractivity contribution is 5.37. The summed E-state index contributed by atoms with van der Waals surface area (Å²) in [6.45, 7) is 12.4. The molecule has 5 nitrogen and oxygen atoms in total. The molecule has 148 valence electrons. The van der Waals surface area contributed by atoms with Gasteiger partial charge in [-0.15, -0.1) is 0 Å². The van der Waals surface area contributed by atoms with Gasteiger partial charge in [-0.2, -0.15) is 0 Å². The predicted molar refractivity (Wildman–Crippen MR) is 105 cm³/mol. The van der Waals surface area contributed by atoms with Gasteiger partial charge in [-0.1, -0.05) is 19.9 Å². The topological polar surface area (TPSA) is 56.2 Å². The summed E-state index contributed by atoms with van der Waals surface area (Å²) in [5.74, 6) is 1.49. The summed E-state index contributed by atoms with van der Waals surface area (Å²) >= 11 is 0. The summed E-state index contributed by atoms with van der Waals surface area (Å²) < 4.78 is 5.57. The van der Waals surface area contributed by atoms with Crippen molar-refractivity contribution in [3.05, 3.63) is 29.3 Å². The minimum Gasteiger partial charge on any atom is -0.494 e. The first-order valence-electron chi connectivity index (χ1n) is 10.00. The van der Waals surface area contributed by atoms with E-state index in [1.54, 1.807) is 0 Å². The van der Waals surface area contributed by atoms with Gasteiger partial charge in [-0.25, -0.2) is 0 Å². The Labute approximate surface area is 158 Å². The van der Waals surface area contributed by atoms with Gasteiger partial charge in [0, 0.05) is 44.4 Å². The average molecular weight is 365 g/mol. The molecule has 5 heteroatoms. The van der Waals surface area contributed by atoms with Crippen molar-refractivity contribution in [2.24, 2.45) is 5.92 Å². The van der Waals surface area contributed by atoms with Crippen LogP contribution in [0.5, 0.6) is 5.75 Å². The van der Waals surface area contributed by atoms with Crippen LogP contribution in [0.15, 0.2) is 18.2 Å². The van der Waals surface area contributed by atoms with Gasteiger partial charge < -0.3 is 14.9 Å². The number of hydrogen-bond donors (Lipinski definition) is 2. The van der Waals surface area contributed by atoms with E-state index in [1.807, 2.05) is 13.0 Å². The third kappa shape index (κ3) is 6.23. The molecule has 0 aliphatic carbocycles. The van der Waals surface area contributed by atoms with Crippen LogP contribution < -0.4 is 4.74 Å². The summed E-state index contributed by atoms with van der Waals surface area (Å²) in [4.78, 5) is 5.01. The van der Waals surface area contributed by atoms with Gasteiger partial charge >= 0.3 is 0 Å². The molecule has 1 saturated heterocycles. The predicted octanol–water partition coefficient (Wildman–Crippen LogP) is 2.49. The fraction of sp³-hybridized carbons (Fsp3) is 0.714. The minimum atomic E-state index is -0.000704. The van der Waals surface area contributed by atoms with Gasteiger partial charge in [0.15, 0.2) is 0 Å². The maximum atomic E-state index is 9.60. The zero-order chi connectivity index (χ0) is 18.9. The molecule has 2 N–H and O–H groups in total. The molecule has 1 aromatic rings. The van der Waals surface area contributed by atoms with Crippen LogP contribution in [-0.4, -0.2) is 65.4 Å². The number of aliphatic hydroxyl groups excluding tert-OH is 2. The van der Waals surface area contributed by atoms with Gasteiger partial charge in [0.05, 0.1) is 13.2 Å². The summed E-state index contributed by atoms with van der Waals surface area (Å²) in [7, 11) is 0. The Hall–Kier alpha value is -1.14. The zero-order valence-corrected chi connectivity index (χ0v) is 16.7. The van der Waals surface area contributed by atoms with Crippen LogP contribution in [-0.2, 0) is 13.2 Å². The molecular weight excluding hydrogens is 328 g/mol. The van der Waals surface area contributed by atoms with E-state index < -0.39 is 0 Å². The summed E-state index contributed by atoms with van der Waals surface area (Å²) in [6.07, 6.45) is 2.04. The Kier molecular flexibility index (Phi) is 8.85. The van der Waals surface area contributed by atoms with E-state index in [2.05, 4.69) is 35.8 Å². The summed E-state index contributed by atoms with van der Waals surface area (Å²) in [5, 5.41) is 19.1. The maximum Gasteiger partial charge on any atom is 0.124 e. The molecule has 0 spiro atoms. The van der Waals surface area contributed by atoms with Crippen molar-refractivity contribution >= 4 is 0 Å². The van der Waals surface area contributed by atoms with Crippen molar-refractivity contribution in [2.75, 3.05) is 39.4 Å². The van der Waals surface area contributed by atoms with Crippen LogP contribution in [0.3, 0.4) is 0 Å². The number of benzene rings is 1. The molecule has 0 bridgehead atoms. The van der Waals surface area contributed by atoms with Crippen molar-refractivity contribution in [3.8, 4) is 5.75 Å². The largest absolute Gasteiger partial charge is 0.494 e. The number of ether oxygens (including phenoxy) is 1. The fourth-order valence-electron chi connectivity index (χ4n) is 3.65. The van der Waals surface area contributed by atoms with E-state index >= 15 is 0 Å². The molecule has 26 heavy (non-hydrogen) atoms. The first kappa shape index (κ1) is 21.2. The van der Waals surface area contributed by atoms with Crippen LogP contribution >= 0.6 is 0 Å². The van der Waals surface area contributed by atoms with Gasteiger partial charge in [-0.05, 0) is 49.9 Å². The van der Waals surface area contributed by atoms with E-state index in [4.69, 9.17) is 4.74 Å². The van der Waals surface area contributed by atoms with Crippen LogP contribution in [0.4, 0.5) is 0 Å². The van der Waals surface area contributed by atoms with Crippen LogP contribution in [0.25, 0.3) is 0 Å². The van der Waals surface area contributed by atoms with Gasteiger partial charge in [0.25, 0.3) is 0 Å².